The van der Waals surface area contributed by atoms with Gasteiger partial charge in [-0.2, -0.15) is 0 Å². The van der Waals surface area contributed by atoms with Gasteiger partial charge in [-0.25, -0.2) is 4.79 Å². The molecule has 1 aromatic rings. The lowest BCUT2D eigenvalue weighted by atomic mass is 10.0. The zero-order valence-electron chi connectivity index (χ0n) is 15.1. The van der Waals surface area contributed by atoms with E-state index in [-0.39, 0.29) is 18.2 Å². The van der Waals surface area contributed by atoms with E-state index in [2.05, 4.69) is 29.4 Å². The fraction of sp³-hybridized carbons (Fsp3) is 0.632. The molecule has 1 saturated heterocycles. The maximum Gasteiger partial charge on any atom is 0.315 e. The van der Waals surface area contributed by atoms with Crippen LogP contribution in [0.4, 0.5) is 4.79 Å². The van der Waals surface area contributed by atoms with Crippen LogP contribution < -0.4 is 10.6 Å². The molecule has 0 unspecified atom stereocenters. The summed E-state index contributed by atoms with van der Waals surface area (Å²) >= 11 is 0. The van der Waals surface area contributed by atoms with Gasteiger partial charge in [0, 0.05) is 39.3 Å². The van der Waals surface area contributed by atoms with Gasteiger partial charge in [-0.15, -0.1) is 0 Å². The van der Waals surface area contributed by atoms with Gasteiger partial charge >= 0.3 is 6.03 Å². The van der Waals surface area contributed by atoms with Crippen LogP contribution in [-0.2, 0) is 4.74 Å². The Morgan fingerprint density at radius 3 is 2.50 bits per heavy atom. The molecule has 0 spiro atoms. The number of nitrogens with zero attached hydrogens (tertiary/aromatic N) is 1. The first-order chi connectivity index (χ1) is 11.6. The smallest absolute Gasteiger partial charge is 0.315 e. The largest absolute Gasteiger partial charge is 0.375 e. The first kappa shape index (κ1) is 18.7. The molecule has 1 atom stereocenters. The Kier molecular flexibility index (Phi) is 7.53. The summed E-state index contributed by atoms with van der Waals surface area (Å²) in [6.45, 7) is 8.24. The number of ether oxygens (including phenoxy) is 1. The van der Waals surface area contributed by atoms with Gasteiger partial charge in [0.2, 0.25) is 0 Å². The highest BCUT2D eigenvalue weighted by molar-refractivity contribution is 5.74. The Morgan fingerprint density at radius 2 is 1.92 bits per heavy atom. The van der Waals surface area contributed by atoms with Crippen molar-refractivity contribution in [2.24, 2.45) is 5.92 Å². The monoisotopic (exact) mass is 333 g/mol. The van der Waals surface area contributed by atoms with Crippen molar-refractivity contribution in [3.8, 4) is 0 Å². The fourth-order valence-electron chi connectivity index (χ4n) is 3.20. The molecule has 0 aliphatic carbocycles. The zero-order chi connectivity index (χ0) is 17.4. The quantitative estimate of drug-likeness (QED) is 0.807. The van der Waals surface area contributed by atoms with Crippen LogP contribution in [-0.4, -0.2) is 50.3 Å². The molecule has 1 heterocycles. The number of rotatable bonds is 7. The lowest BCUT2D eigenvalue weighted by Gasteiger charge is -2.33. The number of likely N-dealkylation sites (tertiary alicyclic amines) is 1. The van der Waals surface area contributed by atoms with Crippen molar-refractivity contribution in [3.63, 3.8) is 0 Å². The van der Waals surface area contributed by atoms with Crippen molar-refractivity contribution in [3.05, 3.63) is 35.9 Å². The van der Waals surface area contributed by atoms with Crippen LogP contribution in [0.5, 0.6) is 0 Å². The number of piperidine rings is 1. The second-order valence-electron chi connectivity index (χ2n) is 6.96. The van der Waals surface area contributed by atoms with Gasteiger partial charge in [0.25, 0.3) is 0 Å². The molecular weight excluding hydrogens is 302 g/mol. The highest BCUT2D eigenvalue weighted by atomic mass is 16.5. The second-order valence-corrected chi connectivity index (χ2v) is 6.96. The molecular formula is C19H31N3O2. The summed E-state index contributed by atoms with van der Waals surface area (Å²) in [5.41, 5.74) is 1.07. The standard InChI is InChI=1S/C19H31N3O2/c1-15(2)14-22-11-9-17(10-12-22)21-19(23)20-13-18(24-3)16-7-5-4-6-8-16/h4-8,15,17-18H,9-14H2,1-3H3,(H2,20,21,23)/t18-/m0/s1. The highest BCUT2D eigenvalue weighted by Crippen LogP contribution is 2.15. The van der Waals surface area contributed by atoms with Crippen LogP contribution in [0.25, 0.3) is 0 Å². The van der Waals surface area contributed by atoms with Crippen LogP contribution >= 0.6 is 0 Å². The average Bonchev–Trinajstić information content (AvgIpc) is 2.58. The van der Waals surface area contributed by atoms with Crippen molar-refractivity contribution < 1.29 is 9.53 Å². The SMILES string of the molecule is CO[C@@H](CNC(=O)NC1CCN(CC(C)C)CC1)c1ccccc1. The van der Waals surface area contributed by atoms with Crippen molar-refractivity contribution in [1.82, 2.24) is 15.5 Å². The Hall–Kier alpha value is -1.59. The number of methoxy groups -OCH3 is 1. The molecule has 2 rings (SSSR count). The summed E-state index contributed by atoms with van der Waals surface area (Å²) in [5, 5.41) is 6.03. The molecule has 1 aromatic carbocycles. The predicted molar refractivity (Wildman–Crippen MR) is 97.0 cm³/mol. The van der Waals surface area contributed by atoms with Gasteiger partial charge in [0.1, 0.15) is 0 Å². The molecule has 0 aromatic heterocycles. The van der Waals surface area contributed by atoms with Crippen molar-refractivity contribution >= 4 is 6.03 Å². The third-order valence-corrected chi connectivity index (χ3v) is 4.45. The van der Waals surface area contributed by atoms with Crippen LogP contribution in [0, 0.1) is 5.92 Å². The molecule has 5 heteroatoms. The van der Waals surface area contributed by atoms with Gasteiger partial charge in [0.15, 0.2) is 0 Å². The van der Waals surface area contributed by atoms with E-state index in [0.717, 1.165) is 38.0 Å². The molecule has 1 fully saturated rings. The molecule has 134 valence electrons. The Morgan fingerprint density at radius 1 is 1.25 bits per heavy atom. The van der Waals surface area contributed by atoms with E-state index < -0.39 is 0 Å². The number of carbonyl (C=O) groups excluding carboxylic acids is 1. The highest BCUT2D eigenvalue weighted by Gasteiger charge is 2.21. The molecule has 5 nitrogen and oxygen atoms in total. The molecule has 1 aliphatic rings. The zero-order valence-corrected chi connectivity index (χ0v) is 15.1. The normalized spacial score (nSPS) is 17.7. The van der Waals surface area contributed by atoms with Crippen molar-refractivity contribution in [2.75, 3.05) is 33.3 Å². The number of hydrogen-bond donors (Lipinski definition) is 2. The minimum atomic E-state index is -0.121. The summed E-state index contributed by atoms with van der Waals surface area (Å²) in [7, 11) is 1.67. The third-order valence-electron chi connectivity index (χ3n) is 4.45. The average molecular weight is 333 g/mol. The van der Waals surface area contributed by atoms with Gasteiger partial charge in [0.05, 0.1) is 6.10 Å². The van der Waals surface area contributed by atoms with Gasteiger partial charge in [-0.05, 0) is 24.3 Å². The molecule has 24 heavy (non-hydrogen) atoms. The molecule has 2 amide bonds. The van der Waals surface area contributed by atoms with Crippen LogP contribution in [0.15, 0.2) is 30.3 Å². The Labute approximate surface area is 145 Å². The topological polar surface area (TPSA) is 53.6 Å². The minimum Gasteiger partial charge on any atom is -0.375 e. The van der Waals surface area contributed by atoms with E-state index in [4.69, 9.17) is 4.74 Å². The van der Waals surface area contributed by atoms with Crippen LogP contribution in [0.2, 0.25) is 0 Å². The van der Waals surface area contributed by atoms with E-state index in [0.29, 0.717) is 12.5 Å². The fourth-order valence-corrected chi connectivity index (χ4v) is 3.20. The number of benzene rings is 1. The maximum atomic E-state index is 12.1. The van der Waals surface area contributed by atoms with E-state index in [1.165, 1.54) is 0 Å². The Balaban J connectivity index is 1.70. The number of urea groups is 1. The number of carbonyl (C=O) groups is 1. The summed E-state index contributed by atoms with van der Waals surface area (Å²) in [6, 6.07) is 10.1. The van der Waals surface area contributed by atoms with Crippen LogP contribution in [0.3, 0.4) is 0 Å². The van der Waals surface area contributed by atoms with Gasteiger partial charge < -0.3 is 20.3 Å². The molecule has 0 saturated carbocycles. The van der Waals surface area contributed by atoms with E-state index in [1.54, 1.807) is 7.11 Å². The third kappa shape index (κ3) is 6.13. The number of nitrogens with one attached hydrogen (secondary N) is 2. The van der Waals surface area contributed by atoms with E-state index in [1.807, 2.05) is 30.3 Å². The van der Waals surface area contributed by atoms with Gasteiger partial charge in [-0.3, -0.25) is 0 Å². The van der Waals surface area contributed by atoms with Crippen LogP contribution in [0.1, 0.15) is 38.4 Å². The Bertz CT molecular complexity index is 485. The molecule has 2 N–H and O–H groups in total. The maximum absolute atomic E-state index is 12.1. The van der Waals surface area contributed by atoms with Gasteiger partial charge in [-0.1, -0.05) is 44.2 Å². The second kappa shape index (κ2) is 9.64. The summed E-state index contributed by atoms with van der Waals surface area (Å²) in [6.07, 6.45) is 1.92. The number of hydrogen-bond acceptors (Lipinski definition) is 3. The summed E-state index contributed by atoms with van der Waals surface area (Å²) < 4.78 is 5.48. The summed E-state index contributed by atoms with van der Waals surface area (Å²) in [4.78, 5) is 14.6. The first-order valence-corrected chi connectivity index (χ1v) is 8.93. The lowest BCUT2D eigenvalue weighted by molar-refractivity contribution is 0.103. The first-order valence-electron chi connectivity index (χ1n) is 8.93. The van der Waals surface area contributed by atoms with Crippen molar-refractivity contribution in [1.29, 1.82) is 0 Å². The summed E-state index contributed by atoms with van der Waals surface area (Å²) in [5.74, 6) is 0.696. The molecule has 0 radical (unpaired) electrons. The lowest BCUT2D eigenvalue weighted by Crippen LogP contribution is -2.49. The van der Waals surface area contributed by atoms with E-state index >= 15 is 0 Å². The molecule has 0 bridgehead atoms. The molecule has 1 aliphatic heterocycles. The van der Waals surface area contributed by atoms with Crippen molar-refractivity contribution in [2.45, 2.75) is 38.8 Å². The van der Waals surface area contributed by atoms with E-state index in [9.17, 15) is 4.79 Å². The predicted octanol–water partition coefficient (Wildman–Crippen LogP) is 2.79. The minimum absolute atomic E-state index is 0.102. The number of amides is 2.